The molecule has 1 nitrogen and oxygen atoms in total. The average molecular weight is 613 g/mol. The normalized spacial score (nSPS) is 13.0. The fourth-order valence-corrected chi connectivity index (χ4v) is 13.9. The molecule has 0 fully saturated rings. The number of hydrogen-bond acceptors (Lipinski definition) is 1. The third kappa shape index (κ3) is 23.7. The van der Waals surface area contributed by atoms with E-state index in [1.165, 1.54) is 217 Å². The van der Waals surface area contributed by atoms with Crippen LogP contribution >= 0.6 is 6.83 Å². The van der Waals surface area contributed by atoms with Crippen molar-refractivity contribution in [3.05, 3.63) is 0 Å². The Labute approximate surface area is 269 Å². The maximum absolute atomic E-state index is 7.60. The molecule has 0 aliphatic carbocycles. The van der Waals surface area contributed by atoms with Gasteiger partial charge in [0.2, 0.25) is 0 Å². The van der Waals surface area contributed by atoms with Gasteiger partial charge in [0.1, 0.15) is 0 Å². The molecular weight excluding hydrogens is 527 g/mol. The summed E-state index contributed by atoms with van der Waals surface area (Å²) in [4.78, 5) is 0. The molecule has 0 spiro atoms. The molecule has 0 rings (SSSR count). The van der Waals surface area contributed by atoms with Gasteiger partial charge in [0, 0.05) is 0 Å². The summed E-state index contributed by atoms with van der Waals surface area (Å²) in [6.45, 7) is 10.7. The molecular formula is C40H85OP. The molecule has 256 valence electrons. The molecule has 0 saturated heterocycles. The van der Waals surface area contributed by atoms with Crippen LogP contribution in [0.5, 0.6) is 0 Å². The van der Waals surface area contributed by atoms with Crippen molar-refractivity contribution in [3.63, 3.8) is 0 Å². The van der Waals surface area contributed by atoms with E-state index in [1.807, 2.05) is 0 Å². The fraction of sp³-hybridized carbons (Fsp3) is 1.00. The zero-order chi connectivity index (χ0) is 30.9. The summed E-state index contributed by atoms with van der Waals surface area (Å²) >= 11 is 0. The van der Waals surface area contributed by atoms with Crippen molar-refractivity contribution < 1.29 is 4.52 Å². The molecule has 0 radical (unpaired) electrons. The Balaban J connectivity index is 5.30. The molecule has 0 unspecified atom stereocenters. The molecule has 0 aromatic carbocycles. The molecule has 0 saturated carbocycles. The SMILES string of the molecule is CCCCCCCCCCCCCCP(CCCCCC)(CCCCCC)(CCCCCC)OCCCCCCCC. The Morgan fingerprint density at radius 1 is 0.262 bits per heavy atom. The van der Waals surface area contributed by atoms with E-state index in [1.54, 1.807) is 0 Å². The van der Waals surface area contributed by atoms with E-state index in [-0.39, 0.29) is 0 Å². The summed E-state index contributed by atoms with van der Waals surface area (Å²) in [5.41, 5.74) is 0. The third-order valence-electron chi connectivity index (χ3n) is 10.3. The molecule has 0 aromatic heterocycles. The van der Waals surface area contributed by atoms with Crippen LogP contribution < -0.4 is 0 Å². The number of rotatable bonds is 36. The maximum atomic E-state index is 7.60. The van der Waals surface area contributed by atoms with E-state index in [0.717, 1.165) is 6.61 Å². The Kier molecular flexibility index (Phi) is 31.7. The van der Waals surface area contributed by atoms with Crippen molar-refractivity contribution in [2.75, 3.05) is 31.3 Å². The van der Waals surface area contributed by atoms with Crippen LogP contribution in [-0.4, -0.2) is 31.3 Å². The van der Waals surface area contributed by atoms with Gasteiger partial charge in [-0.25, -0.2) is 0 Å². The Bertz CT molecular complexity index is 484. The van der Waals surface area contributed by atoms with Gasteiger partial charge in [-0.15, -0.1) is 0 Å². The Hall–Kier alpha value is 0.390. The van der Waals surface area contributed by atoms with Gasteiger partial charge in [-0.05, 0) is 0 Å². The molecule has 0 aliphatic rings. The Morgan fingerprint density at radius 3 is 0.762 bits per heavy atom. The van der Waals surface area contributed by atoms with Gasteiger partial charge >= 0.3 is 257 Å². The predicted molar refractivity (Wildman–Crippen MR) is 199 cm³/mol. The molecule has 0 heterocycles. The van der Waals surface area contributed by atoms with Gasteiger partial charge in [-0.3, -0.25) is 0 Å². The Morgan fingerprint density at radius 2 is 0.476 bits per heavy atom. The van der Waals surface area contributed by atoms with E-state index in [0.29, 0.717) is 0 Å². The quantitative estimate of drug-likeness (QED) is 0.0505. The molecule has 42 heavy (non-hydrogen) atoms. The van der Waals surface area contributed by atoms with Crippen LogP contribution in [0, 0.1) is 0 Å². The fourth-order valence-electron chi connectivity index (χ4n) is 7.30. The van der Waals surface area contributed by atoms with Gasteiger partial charge in [0.15, 0.2) is 0 Å². The standard InChI is InChI=1S/C40H85OP/c1-6-11-16-21-23-24-25-26-27-28-30-35-40-42(37-32-18-13-8-3,38-33-19-14-9-4,39-34-20-15-10-5)41-36-31-29-22-17-12-7-2/h6-40H2,1-5H3. The first-order valence-corrected chi connectivity index (χ1v) is 23.2. The van der Waals surface area contributed by atoms with E-state index in [9.17, 15) is 0 Å². The topological polar surface area (TPSA) is 9.23 Å². The van der Waals surface area contributed by atoms with Crippen LogP contribution in [0.1, 0.15) is 227 Å². The van der Waals surface area contributed by atoms with Gasteiger partial charge < -0.3 is 0 Å². The zero-order valence-corrected chi connectivity index (χ0v) is 31.5. The summed E-state index contributed by atoms with van der Waals surface area (Å²) in [5.74, 6) is 0. The van der Waals surface area contributed by atoms with Crippen LogP contribution in [0.3, 0.4) is 0 Å². The van der Waals surface area contributed by atoms with Crippen molar-refractivity contribution in [1.29, 1.82) is 0 Å². The van der Waals surface area contributed by atoms with Crippen LogP contribution in [-0.2, 0) is 4.52 Å². The monoisotopic (exact) mass is 613 g/mol. The van der Waals surface area contributed by atoms with E-state index < -0.39 is 6.83 Å². The van der Waals surface area contributed by atoms with Crippen LogP contribution in [0.25, 0.3) is 0 Å². The molecule has 0 amide bonds. The summed E-state index contributed by atoms with van der Waals surface area (Å²) in [5, 5.41) is 0. The summed E-state index contributed by atoms with van der Waals surface area (Å²) < 4.78 is 7.60. The molecule has 0 aliphatic heterocycles. The number of hydrogen-bond donors (Lipinski definition) is 0. The first kappa shape index (κ1) is 42.4. The van der Waals surface area contributed by atoms with Crippen LogP contribution in [0.2, 0.25) is 0 Å². The summed E-state index contributed by atoms with van der Waals surface area (Å²) in [6.07, 6.45) is 48.4. The van der Waals surface area contributed by atoms with Gasteiger partial charge in [0.25, 0.3) is 0 Å². The van der Waals surface area contributed by atoms with E-state index in [4.69, 9.17) is 4.52 Å². The van der Waals surface area contributed by atoms with Crippen molar-refractivity contribution in [2.24, 2.45) is 0 Å². The van der Waals surface area contributed by atoms with Crippen molar-refractivity contribution in [1.82, 2.24) is 0 Å². The molecule has 2 heteroatoms. The second-order valence-electron chi connectivity index (χ2n) is 14.4. The second-order valence-corrected chi connectivity index (χ2v) is 20.2. The van der Waals surface area contributed by atoms with Crippen molar-refractivity contribution in [3.8, 4) is 0 Å². The van der Waals surface area contributed by atoms with Crippen molar-refractivity contribution in [2.45, 2.75) is 227 Å². The molecule has 0 atom stereocenters. The van der Waals surface area contributed by atoms with Crippen molar-refractivity contribution >= 4 is 6.83 Å². The first-order chi connectivity index (χ1) is 20.6. The van der Waals surface area contributed by atoms with Gasteiger partial charge in [-0.2, -0.15) is 0 Å². The molecule has 0 N–H and O–H groups in total. The summed E-state index contributed by atoms with van der Waals surface area (Å²) in [7, 11) is 0. The zero-order valence-electron chi connectivity index (χ0n) is 30.6. The van der Waals surface area contributed by atoms with E-state index in [2.05, 4.69) is 34.6 Å². The third-order valence-corrected chi connectivity index (χ3v) is 17.0. The minimum atomic E-state index is -2.17. The van der Waals surface area contributed by atoms with Crippen LogP contribution in [0.15, 0.2) is 0 Å². The second kappa shape index (κ2) is 31.4. The van der Waals surface area contributed by atoms with Crippen LogP contribution in [0.4, 0.5) is 0 Å². The van der Waals surface area contributed by atoms with E-state index >= 15 is 0 Å². The molecule has 0 bridgehead atoms. The average Bonchev–Trinajstić information content (AvgIpc) is 3.00. The first-order valence-electron chi connectivity index (χ1n) is 20.3. The molecule has 0 aromatic rings. The van der Waals surface area contributed by atoms with Gasteiger partial charge in [0.05, 0.1) is 0 Å². The summed E-state index contributed by atoms with van der Waals surface area (Å²) in [6, 6.07) is 0. The minimum absolute atomic E-state index is 1.07. The predicted octanol–water partition coefficient (Wildman–Crippen LogP) is 15.3. The number of unbranched alkanes of at least 4 members (excludes halogenated alkanes) is 25. The van der Waals surface area contributed by atoms with Gasteiger partial charge in [-0.1, -0.05) is 13.3 Å².